The maximum atomic E-state index is 12.5. The lowest BCUT2D eigenvalue weighted by Gasteiger charge is -2.34. The van der Waals surface area contributed by atoms with E-state index >= 15 is 0 Å². The van der Waals surface area contributed by atoms with Crippen LogP contribution in [0.5, 0.6) is 0 Å². The topological polar surface area (TPSA) is 50.2 Å². The molecule has 0 spiro atoms. The Bertz CT molecular complexity index is 513. The van der Waals surface area contributed by atoms with E-state index in [2.05, 4.69) is 42.2 Å². The van der Waals surface area contributed by atoms with Crippen molar-refractivity contribution in [3.63, 3.8) is 0 Å². The molecule has 2 rings (SSSR count). The number of hydrogen-bond donors (Lipinski definition) is 1. The van der Waals surface area contributed by atoms with Crippen LogP contribution in [0.15, 0.2) is 12.3 Å². The molecule has 0 radical (unpaired) electrons. The van der Waals surface area contributed by atoms with E-state index < -0.39 is 0 Å². The molecule has 1 amide bonds. The minimum Gasteiger partial charge on any atom is -0.353 e. The summed E-state index contributed by atoms with van der Waals surface area (Å²) in [5, 5.41) is 7.44. The molecule has 0 bridgehead atoms. The third kappa shape index (κ3) is 5.62. The van der Waals surface area contributed by atoms with E-state index in [-0.39, 0.29) is 11.8 Å². The fraction of sp³-hybridized carbons (Fsp3) is 0.789. The maximum absolute atomic E-state index is 12.5. The zero-order chi connectivity index (χ0) is 17.5. The molecular formula is C19H34N4O. The number of hydrogen-bond acceptors (Lipinski definition) is 3. The Hall–Kier alpha value is -1.36. The molecule has 1 aromatic rings. The van der Waals surface area contributed by atoms with Crippen LogP contribution in [0.3, 0.4) is 0 Å². The lowest BCUT2D eigenvalue weighted by molar-refractivity contribution is -0.127. The fourth-order valence-corrected chi connectivity index (χ4v) is 3.77. The van der Waals surface area contributed by atoms with Gasteiger partial charge < -0.3 is 10.2 Å². The van der Waals surface area contributed by atoms with E-state index in [1.165, 1.54) is 5.69 Å². The first-order chi connectivity index (χ1) is 11.5. The SMILES string of the molecule is CCC[C@H](C)NC(=O)[C@H]1CCCN(C[C@@H](C)Cc2ccnn2C)C1. The summed E-state index contributed by atoms with van der Waals surface area (Å²) in [6.07, 6.45) is 7.22. The van der Waals surface area contributed by atoms with Crippen molar-refractivity contribution in [3.8, 4) is 0 Å². The summed E-state index contributed by atoms with van der Waals surface area (Å²) in [6, 6.07) is 2.39. The highest BCUT2D eigenvalue weighted by Crippen LogP contribution is 2.19. The minimum absolute atomic E-state index is 0.155. The molecule has 0 saturated carbocycles. The Morgan fingerprint density at radius 1 is 1.46 bits per heavy atom. The van der Waals surface area contributed by atoms with Gasteiger partial charge in [0.25, 0.3) is 0 Å². The van der Waals surface area contributed by atoms with Gasteiger partial charge in [0.05, 0.1) is 5.92 Å². The van der Waals surface area contributed by atoms with Gasteiger partial charge in [-0.15, -0.1) is 0 Å². The summed E-state index contributed by atoms with van der Waals surface area (Å²) in [7, 11) is 2.00. The van der Waals surface area contributed by atoms with E-state index in [4.69, 9.17) is 0 Å². The number of nitrogens with one attached hydrogen (secondary N) is 1. The monoisotopic (exact) mass is 334 g/mol. The summed E-state index contributed by atoms with van der Waals surface area (Å²) < 4.78 is 1.96. The van der Waals surface area contributed by atoms with Gasteiger partial charge in [-0.3, -0.25) is 9.48 Å². The Kier molecular flexibility index (Phi) is 7.28. The van der Waals surface area contributed by atoms with Gasteiger partial charge >= 0.3 is 0 Å². The van der Waals surface area contributed by atoms with Crippen molar-refractivity contribution < 1.29 is 4.79 Å². The zero-order valence-electron chi connectivity index (χ0n) is 15.8. The first-order valence-corrected chi connectivity index (χ1v) is 9.49. The highest BCUT2D eigenvalue weighted by atomic mass is 16.2. The van der Waals surface area contributed by atoms with Crippen LogP contribution in [0.2, 0.25) is 0 Å². The smallest absolute Gasteiger partial charge is 0.224 e. The molecular weight excluding hydrogens is 300 g/mol. The molecule has 1 aliphatic heterocycles. The van der Waals surface area contributed by atoms with Crippen molar-refractivity contribution in [2.45, 2.75) is 58.9 Å². The Morgan fingerprint density at radius 3 is 2.92 bits per heavy atom. The first kappa shape index (κ1) is 19.0. The third-order valence-corrected chi connectivity index (χ3v) is 5.04. The summed E-state index contributed by atoms with van der Waals surface area (Å²) >= 11 is 0. The van der Waals surface area contributed by atoms with Gasteiger partial charge in [-0.25, -0.2) is 0 Å². The van der Waals surface area contributed by atoms with Gasteiger partial charge in [-0.1, -0.05) is 20.3 Å². The van der Waals surface area contributed by atoms with Crippen LogP contribution in [0.1, 0.15) is 52.1 Å². The van der Waals surface area contributed by atoms with Crippen LogP contribution >= 0.6 is 0 Å². The normalized spacial score (nSPS) is 21.4. The molecule has 1 fully saturated rings. The number of likely N-dealkylation sites (tertiary alicyclic amines) is 1. The van der Waals surface area contributed by atoms with Crippen LogP contribution in [0.25, 0.3) is 0 Å². The number of nitrogens with zero attached hydrogens (tertiary/aromatic N) is 3. The molecule has 3 atom stereocenters. The summed E-state index contributed by atoms with van der Waals surface area (Å²) in [6.45, 7) is 9.64. The molecule has 2 heterocycles. The van der Waals surface area contributed by atoms with Gasteiger partial charge in [0, 0.05) is 38.1 Å². The fourth-order valence-electron chi connectivity index (χ4n) is 3.77. The summed E-state index contributed by atoms with van der Waals surface area (Å²) in [4.78, 5) is 14.9. The Balaban J connectivity index is 1.79. The minimum atomic E-state index is 0.155. The lowest BCUT2D eigenvalue weighted by Crippen LogP contribution is -2.46. The average Bonchev–Trinajstić information content (AvgIpc) is 2.92. The van der Waals surface area contributed by atoms with E-state index in [0.717, 1.165) is 51.7 Å². The molecule has 0 aromatic carbocycles. The van der Waals surface area contributed by atoms with Crippen molar-refractivity contribution >= 4 is 5.91 Å². The van der Waals surface area contributed by atoms with Crippen molar-refractivity contribution in [3.05, 3.63) is 18.0 Å². The standard InChI is InChI=1S/C19H34N4O/c1-5-7-16(3)21-19(24)17-8-6-11-23(14-17)13-15(2)12-18-9-10-20-22(18)4/h9-10,15-17H,5-8,11-14H2,1-4H3,(H,21,24)/t15-,16-,17-/m0/s1. The van der Waals surface area contributed by atoms with E-state index in [1.807, 2.05) is 17.9 Å². The number of carbonyl (C=O) groups is 1. The maximum Gasteiger partial charge on any atom is 0.224 e. The molecule has 5 heteroatoms. The number of aromatic nitrogens is 2. The quantitative estimate of drug-likeness (QED) is 0.795. The van der Waals surface area contributed by atoms with Crippen LogP contribution in [0, 0.1) is 11.8 Å². The first-order valence-electron chi connectivity index (χ1n) is 9.49. The van der Waals surface area contributed by atoms with Crippen molar-refractivity contribution in [2.24, 2.45) is 18.9 Å². The number of amides is 1. The second-order valence-electron chi connectivity index (χ2n) is 7.55. The highest BCUT2D eigenvalue weighted by molar-refractivity contribution is 5.79. The van der Waals surface area contributed by atoms with Gasteiger partial charge in [0.15, 0.2) is 0 Å². The van der Waals surface area contributed by atoms with Crippen LogP contribution in [0.4, 0.5) is 0 Å². The molecule has 0 aliphatic carbocycles. The van der Waals surface area contributed by atoms with E-state index in [1.54, 1.807) is 0 Å². The molecule has 1 aliphatic rings. The number of piperidine rings is 1. The van der Waals surface area contributed by atoms with Crippen molar-refractivity contribution in [2.75, 3.05) is 19.6 Å². The molecule has 5 nitrogen and oxygen atoms in total. The highest BCUT2D eigenvalue weighted by Gasteiger charge is 2.27. The summed E-state index contributed by atoms with van der Waals surface area (Å²) in [5.41, 5.74) is 1.28. The van der Waals surface area contributed by atoms with Gasteiger partial charge in [0.2, 0.25) is 5.91 Å². The van der Waals surface area contributed by atoms with Crippen LogP contribution in [-0.4, -0.2) is 46.3 Å². The zero-order valence-corrected chi connectivity index (χ0v) is 15.8. The van der Waals surface area contributed by atoms with Gasteiger partial charge in [-0.2, -0.15) is 5.10 Å². The molecule has 1 aromatic heterocycles. The predicted octanol–water partition coefficient (Wildman–Crippen LogP) is 2.62. The number of rotatable bonds is 8. The van der Waals surface area contributed by atoms with E-state index in [0.29, 0.717) is 12.0 Å². The van der Waals surface area contributed by atoms with Crippen LogP contribution < -0.4 is 5.32 Å². The third-order valence-electron chi connectivity index (χ3n) is 5.04. The Morgan fingerprint density at radius 2 is 2.25 bits per heavy atom. The molecule has 24 heavy (non-hydrogen) atoms. The van der Waals surface area contributed by atoms with E-state index in [9.17, 15) is 4.79 Å². The average molecular weight is 335 g/mol. The number of aryl methyl sites for hydroxylation is 1. The van der Waals surface area contributed by atoms with Crippen molar-refractivity contribution in [1.29, 1.82) is 0 Å². The molecule has 136 valence electrons. The lowest BCUT2D eigenvalue weighted by atomic mass is 9.95. The van der Waals surface area contributed by atoms with Gasteiger partial charge in [0.1, 0.15) is 0 Å². The molecule has 1 saturated heterocycles. The van der Waals surface area contributed by atoms with Crippen molar-refractivity contribution in [1.82, 2.24) is 20.0 Å². The second kappa shape index (κ2) is 9.21. The van der Waals surface area contributed by atoms with Gasteiger partial charge in [-0.05, 0) is 51.1 Å². The molecule has 1 N–H and O–H groups in total. The number of carbonyl (C=O) groups excluding carboxylic acids is 1. The largest absolute Gasteiger partial charge is 0.353 e. The summed E-state index contributed by atoms with van der Waals surface area (Å²) in [5.74, 6) is 0.975. The molecule has 0 unspecified atom stereocenters. The van der Waals surface area contributed by atoms with Crippen LogP contribution in [-0.2, 0) is 18.3 Å². The Labute approximate surface area is 146 Å². The second-order valence-corrected chi connectivity index (χ2v) is 7.55. The predicted molar refractivity (Wildman–Crippen MR) is 97.8 cm³/mol.